The molecule has 0 aromatic carbocycles. The quantitative estimate of drug-likeness (QED) is 0.341. The van der Waals surface area contributed by atoms with Gasteiger partial charge in [-0.3, -0.25) is 4.79 Å². The van der Waals surface area contributed by atoms with Crippen LogP contribution in [-0.2, 0) is 19.1 Å². The molecule has 5 heteroatoms. The van der Waals surface area contributed by atoms with Crippen LogP contribution < -0.4 is 5.73 Å². The van der Waals surface area contributed by atoms with Crippen LogP contribution in [0.2, 0.25) is 0 Å². The second kappa shape index (κ2) is 23.7. The molecule has 2 aliphatic carbocycles. The van der Waals surface area contributed by atoms with E-state index in [1.807, 2.05) is 13.8 Å². The Labute approximate surface area is 193 Å². The number of aldehydes is 1. The monoisotopic (exact) mass is 443 g/mol. The number of rotatable bonds is 9. The second-order valence-electron chi connectivity index (χ2n) is 9.25. The zero-order chi connectivity index (χ0) is 23.9. The van der Waals surface area contributed by atoms with Crippen molar-refractivity contribution in [3.8, 4) is 0 Å². The van der Waals surface area contributed by atoms with Gasteiger partial charge in [0.25, 0.3) is 0 Å². The molecule has 31 heavy (non-hydrogen) atoms. The van der Waals surface area contributed by atoms with Crippen LogP contribution in [0.1, 0.15) is 105 Å². The Balaban J connectivity index is 0. The predicted octanol–water partition coefficient (Wildman–Crippen LogP) is 6.18. The summed E-state index contributed by atoms with van der Waals surface area (Å²) in [5, 5.41) is 0. The number of nitrogens with two attached hydrogens (primary N) is 1. The lowest BCUT2D eigenvalue weighted by Gasteiger charge is -2.27. The van der Waals surface area contributed by atoms with Crippen LogP contribution in [0, 0.1) is 23.7 Å². The molecule has 0 spiro atoms. The molecule has 5 nitrogen and oxygen atoms in total. The third-order valence-electron chi connectivity index (χ3n) is 5.28. The number of carbonyl (C=O) groups excluding carboxylic acids is 2. The van der Waals surface area contributed by atoms with Crippen LogP contribution in [0.25, 0.3) is 0 Å². The lowest BCUT2D eigenvalue weighted by atomic mass is 9.83. The van der Waals surface area contributed by atoms with Gasteiger partial charge in [-0.15, -0.1) is 0 Å². The molecule has 2 aliphatic rings. The molecule has 1 amide bonds. The molecule has 0 radical (unpaired) electrons. The van der Waals surface area contributed by atoms with E-state index in [1.165, 1.54) is 44.9 Å². The third kappa shape index (κ3) is 23.5. The normalized spacial score (nSPS) is 20.9. The fourth-order valence-corrected chi connectivity index (χ4v) is 3.67. The number of methoxy groups -OCH3 is 1. The summed E-state index contributed by atoms with van der Waals surface area (Å²) in [6.45, 7) is 12.9. The summed E-state index contributed by atoms with van der Waals surface area (Å²) in [6, 6.07) is 0. The predicted molar refractivity (Wildman–Crippen MR) is 131 cm³/mol. The number of hydrogen-bond acceptors (Lipinski definition) is 4. The fraction of sp³-hybridized carbons (Fsp3) is 0.923. The Morgan fingerprint density at radius 3 is 1.81 bits per heavy atom. The van der Waals surface area contributed by atoms with Crippen LogP contribution in [0.5, 0.6) is 0 Å². The fourth-order valence-electron chi connectivity index (χ4n) is 3.67. The van der Waals surface area contributed by atoms with Crippen LogP contribution in [0.4, 0.5) is 0 Å². The first-order chi connectivity index (χ1) is 14.9. The molecule has 2 N–H and O–H groups in total. The first-order valence-electron chi connectivity index (χ1n) is 12.7. The average Bonchev–Trinajstić information content (AvgIpc) is 2.77. The molecule has 2 saturated carbocycles. The van der Waals surface area contributed by atoms with Gasteiger partial charge in [0.05, 0.1) is 0 Å². The Hall–Kier alpha value is -0.940. The van der Waals surface area contributed by atoms with E-state index in [1.54, 1.807) is 7.11 Å². The summed E-state index contributed by atoms with van der Waals surface area (Å²) in [5.74, 6) is 2.43. The zero-order valence-corrected chi connectivity index (χ0v) is 21.5. The Kier molecular flexibility index (Phi) is 24.7. The van der Waals surface area contributed by atoms with Crippen molar-refractivity contribution in [1.82, 2.24) is 0 Å². The molecular weight excluding hydrogens is 390 g/mol. The number of amides is 1. The van der Waals surface area contributed by atoms with Crippen LogP contribution in [-0.4, -0.2) is 39.1 Å². The van der Waals surface area contributed by atoms with E-state index in [9.17, 15) is 9.59 Å². The van der Waals surface area contributed by atoms with Gasteiger partial charge in [0.1, 0.15) is 6.29 Å². The second-order valence-corrected chi connectivity index (χ2v) is 9.25. The number of primary amides is 1. The molecule has 2 fully saturated rings. The molecule has 0 unspecified atom stereocenters. The molecule has 0 aromatic heterocycles. The molecule has 0 heterocycles. The summed E-state index contributed by atoms with van der Waals surface area (Å²) < 4.78 is 10.8. The van der Waals surface area contributed by atoms with Gasteiger partial charge in [-0.25, -0.2) is 0 Å². The molecule has 0 aromatic rings. The summed E-state index contributed by atoms with van der Waals surface area (Å²) in [5.41, 5.74) is 5.05. The number of hydrogen-bond donors (Lipinski definition) is 1. The lowest BCUT2D eigenvalue weighted by Crippen LogP contribution is -2.21. The molecule has 2 rings (SSSR count). The van der Waals surface area contributed by atoms with E-state index < -0.39 is 0 Å². The van der Waals surface area contributed by atoms with Crippen molar-refractivity contribution in [2.45, 2.75) is 105 Å². The van der Waals surface area contributed by atoms with Crippen molar-refractivity contribution >= 4 is 12.2 Å². The lowest BCUT2D eigenvalue weighted by molar-refractivity contribution is -0.118. The summed E-state index contributed by atoms with van der Waals surface area (Å²) in [6.07, 6.45) is 13.4. The van der Waals surface area contributed by atoms with Gasteiger partial charge < -0.3 is 20.0 Å². The van der Waals surface area contributed by atoms with Crippen LogP contribution in [0.3, 0.4) is 0 Å². The highest BCUT2D eigenvalue weighted by atomic mass is 16.5. The maximum Gasteiger partial charge on any atom is 0.217 e. The van der Waals surface area contributed by atoms with E-state index in [2.05, 4.69) is 20.8 Å². The minimum atomic E-state index is -0.242. The first-order valence-corrected chi connectivity index (χ1v) is 12.7. The molecule has 0 atom stereocenters. The topological polar surface area (TPSA) is 78.6 Å². The van der Waals surface area contributed by atoms with Gasteiger partial charge in [0.2, 0.25) is 5.91 Å². The van der Waals surface area contributed by atoms with E-state index in [-0.39, 0.29) is 5.91 Å². The van der Waals surface area contributed by atoms with Gasteiger partial charge in [-0.05, 0) is 62.7 Å². The summed E-state index contributed by atoms with van der Waals surface area (Å²) >= 11 is 0. The maximum atomic E-state index is 10.5. The molecular formula is C26H53NO4. The van der Waals surface area contributed by atoms with Crippen molar-refractivity contribution < 1.29 is 19.1 Å². The first kappa shape index (κ1) is 32.2. The van der Waals surface area contributed by atoms with Crippen LogP contribution >= 0.6 is 0 Å². The Bertz CT molecular complexity index is 384. The highest BCUT2D eigenvalue weighted by Gasteiger charge is 2.20. The minimum absolute atomic E-state index is 0.242. The Morgan fingerprint density at radius 2 is 1.42 bits per heavy atom. The maximum absolute atomic E-state index is 10.5. The minimum Gasteiger partial charge on any atom is -0.384 e. The zero-order valence-electron chi connectivity index (χ0n) is 21.5. The summed E-state index contributed by atoms with van der Waals surface area (Å²) in [7, 11) is 1.77. The van der Waals surface area contributed by atoms with Gasteiger partial charge in [0, 0.05) is 39.3 Å². The average molecular weight is 444 g/mol. The SMILES string of the molecule is CC.CC(C)C.COCC1CCC(COCCCC(N)=O)CC1.O=CC1CCCCC1. The van der Waals surface area contributed by atoms with E-state index >= 15 is 0 Å². The van der Waals surface area contributed by atoms with Crippen molar-refractivity contribution in [3.63, 3.8) is 0 Å². The van der Waals surface area contributed by atoms with Crippen molar-refractivity contribution in [3.05, 3.63) is 0 Å². The standard InChI is InChI=1S/C13H25NO3.C7H12O.C4H10.C2H6/c1-16-9-11-4-6-12(7-5-11)10-17-8-2-3-13(14)15;8-6-7-4-2-1-3-5-7;1-4(2)3;1-2/h11-12H,2-10H2,1H3,(H2,14,15);6-7H,1-5H2;4H,1-3H3;1-2H3. The largest absolute Gasteiger partial charge is 0.384 e. The van der Waals surface area contributed by atoms with Gasteiger partial charge in [-0.2, -0.15) is 0 Å². The molecule has 0 aliphatic heterocycles. The van der Waals surface area contributed by atoms with E-state index in [0.29, 0.717) is 24.9 Å². The highest BCUT2D eigenvalue weighted by molar-refractivity contribution is 5.73. The third-order valence-corrected chi connectivity index (χ3v) is 5.28. The number of ether oxygens (including phenoxy) is 2. The smallest absolute Gasteiger partial charge is 0.217 e. The summed E-state index contributed by atoms with van der Waals surface area (Å²) in [4.78, 5) is 20.7. The van der Waals surface area contributed by atoms with Gasteiger partial charge in [-0.1, -0.05) is 53.9 Å². The van der Waals surface area contributed by atoms with Crippen molar-refractivity contribution in [2.24, 2.45) is 29.4 Å². The van der Waals surface area contributed by atoms with E-state index in [0.717, 1.165) is 50.6 Å². The number of carbonyl (C=O) groups is 2. The van der Waals surface area contributed by atoms with Crippen molar-refractivity contribution in [1.29, 1.82) is 0 Å². The molecule has 0 bridgehead atoms. The van der Waals surface area contributed by atoms with Crippen LogP contribution in [0.15, 0.2) is 0 Å². The highest BCUT2D eigenvalue weighted by Crippen LogP contribution is 2.29. The van der Waals surface area contributed by atoms with Gasteiger partial charge in [0.15, 0.2) is 0 Å². The van der Waals surface area contributed by atoms with Gasteiger partial charge >= 0.3 is 0 Å². The van der Waals surface area contributed by atoms with E-state index in [4.69, 9.17) is 15.2 Å². The molecule has 186 valence electrons. The molecule has 0 saturated heterocycles. The Morgan fingerprint density at radius 1 is 0.935 bits per heavy atom. The van der Waals surface area contributed by atoms with Crippen molar-refractivity contribution in [2.75, 3.05) is 26.9 Å².